The van der Waals surface area contributed by atoms with Crippen molar-refractivity contribution >= 4 is 22.9 Å². The molecule has 0 bridgehead atoms. The summed E-state index contributed by atoms with van der Waals surface area (Å²) in [6, 6.07) is 40.4. The van der Waals surface area contributed by atoms with E-state index in [1.807, 2.05) is 0 Å². The lowest BCUT2D eigenvalue weighted by Gasteiger charge is -2.49. The normalized spacial score (nSPS) is 15.8. The van der Waals surface area contributed by atoms with Gasteiger partial charge in [0.05, 0.1) is 0 Å². The summed E-state index contributed by atoms with van der Waals surface area (Å²) in [6.45, 7) is 12.4. The molecule has 0 nitrogen and oxygen atoms in total. The predicted molar refractivity (Wildman–Crippen MR) is 157 cm³/mol. The third-order valence-electron chi connectivity index (χ3n) is 8.65. The number of hydrogen-bond donors (Lipinski definition) is 0. The number of aryl methyl sites for hydroxylation is 1. The highest BCUT2D eigenvalue weighted by molar-refractivity contribution is 6.81. The summed E-state index contributed by atoms with van der Waals surface area (Å²) < 4.78 is 0. The Morgan fingerprint density at radius 1 is 0.500 bits per heavy atom. The lowest BCUT2D eigenvalue weighted by molar-refractivity contribution is 0.636. The first kappa shape index (κ1) is 22.9. The van der Waals surface area contributed by atoms with E-state index in [4.69, 9.17) is 0 Å². The first-order chi connectivity index (χ1) is 17.3. The maximum atomic E-state index is 2.47. The van der Waals surface area contributed by atoms with Crippen LogP contribution < -0.4 is 5.46 Å². The molecule has 5 aromatic rings. The van der Waals surface area contributed by atoms with Crippen LogP contribution in [-0.4, -0.2) is 6.71 Å². The van der Waals surface area contributed by atoms with Crippen LogP contribution in [-0.2, 0) is 10.6 Å². The van der Waals surface area contributed by atoms with Gasteiger partial charge in [0.2, 0.25) is 0 Å². The number of rotatable bonds is 3. The molecule has 0 atom stereocenters. The summed E-state index contributed by atoms with van der Waals surface area (Å²) >= 11 is 0. The first-order valence-corrected chi connectivity index (χ1v) is 13.1. The van der Waals surface area contributed by atoms with Crippen molar-refractivity contribution < 1.29 is 0 Å². The van der Waals surface area contributed by atoms with Crippen LogP contribution in [0.4, 0.5) is 0 Å². The smallest absolute Gasteiger partial charge is 0.0628 e. The fraction of sp³-hybridized carbons (Fsp3) is 0.200. The minimum atomic E-state index is -0.0712. The van der Waals surface area contributed by atoms with E-state index in [-0.39, 0.29) is 17.3 Å². The molecule has 0 saturated carbocycles. The van der Waals surface area contributed by atoms with Gasteiger partial charge >= 0.3 is 0 Å². The molecule has 0 aromatic heterocycles. The summed E-state index contributed by atoms with van der Waals surface area (Å²) in [5.41, 5.74) is 11.0. The molecular formula is C35H33B. The summed E-state index contributed by atoms with van der Waals surface area (Å²) in [4.78, 5) is 0. The summed E-state index contributed by atoms with van der Waals surface area (Å²) in [5, 5.41) is 2.71. The van der Waals surface area contributed by atoms with Crippen molar-refractivity contribution in [1.29, 1.82) is 0 Å². The Kier molecular flexibility index (Phi) is 5.23. The van der Waals surface area contributed by atoms with Crippen molar-refractivity contribution in [3.63, 3.8) is 0 Å². The zero-order valence-corrected chi connectivity index (χ0v) is 22.0. The van der Waals surface area contributed by atoms with Gasteiger partial charge in [-0.25, -0.2) is 0 Å². The number of hydrogen-bond acceptors (Lipinski definition) is 0. The second kappa shape index (κ2) is 8.24. The van der Waals surface area contributed by atoms with Crippen LogP contribution in [0.1, 0.15) is 44.4 Å². The van der Waals surface area contributed by atoms with Gasteiger partial charge in [0.15, 0.2) is 6.71 Å². The Morgan fingerprint density at radius 2 is 1.00 bits per heavy atom. The van der Waals surface area contributed by atoms with E-state index < -0.39 is 0 Å². The van der Waals surface area contributed by atoms with Crippen molar-refractivity contribution in [3.8, 4) is 22.3 Å². The zero-order chi connectivity index (χ0) is 25.1. The summed E-state index contributed by atoms with van der Waals surface area (Å²) in [5.74, 6) is 0. The fourth-order valence-corrected chi connectivity index (χ4v) is 7.18. The van der Waals surface area contributed by atoms with Crippen LogP contribution in [0.2, 0.25) is 0 Å². The molecule has 0 spiro atoms. The van der Waals surface area contributed by atoms with Crippen LogP contribution in [0.15, 0.2) is 109 Å². The average Bonchev–Trinajstić information content (AvgIpc) is 2.89. The minimum absolute atomic E-state index is 0.0712. The van der Waals surface area contributed by atoms with E-state index in [0.29, 0.717) is 0 Å². The van der Waals surface area contributed by atoms with Gasteiger partial charge in [-0.05, 0) is 67.3 Å². The molecule has 0 unspecified atom stereocenters. The van der Waals surface area contributed by atoms with Gasteiger partial charge in [-0.1, -0.05) is 142 Å². The van der Waals surface area contributed by atoms with Crippen LogP contribution >= 0.6 is 0 Å². The molecule has 0 N–H and O–H groups in total. The maximum absolute atomic E-state index is 2.47. The summed E-state index contributed by atoms with van der Waals surface area (Å²) in [7, 11) is 0. The molecule has 6 rings (SSSR count). The molecule has 1 aliphatic rings. The highest BCUT2D eigenvalue weighted by atomic mass is 14.4. The lowest BCUT2D eigenvalue weighted by Crippen LogP contribution is -2.62. The molecule has 1 heterocycles. The molecule has 176 valence electrons. The molecule has 0 aliphatic carbocycles. The second-order valence-electron chi connectivity index (χ2n) is 11.5. The Bertz CT molecular complexity index is 1500. The zero-order valence-electron chi connectivity index (χ0n) is 22.0. The van der Waals surface area contributed by atoms with Crippen molar-refractivity contribution in [2.45, 2.75) is 45.2 Å². The Labute approximate surface area is 216 Å². The minimum Gasteiger partial charge on any atom is -0.0628 e. The Morgan fingerprint density at radius 3 is 1.56 bits per heavy atom. The van der Waals surface area contributed by atoms with Crippen molar-refractivity contribution in [1.82, 2.24) is 0 Å². The Balaban J connectivity index is 1.73. The van der Waals surface area contributed by atoms with Crippen molar-refractivity contribution in [2.75, 3.05) is 0 Å². The van der Waals surface area contributed by atoms with Gasteiger partial charge in [0.1, 0.15) is 0 Å². The molecular weight excluding hydrogens is 431 g/mol. The van der Waals surface area contributed by atoms with Gasteiger partial charge < -0.3 is 0 Å². The molecule has 0 amide bonds. The first-order valence-electron chi connectivity index (χ1n) is 13.1. The van der Waals surface area contributed by atoms with Gasteiger partial charge in [0, 0.05) is 0 Å². The second-order valence-corrected chi connectivity index (χ2v) is 11.5. The van der Waals surface area contributed by atoms with Crippen LogP contribution in [0.25, 0.3) is 33.0 Å². The summed E-state index contributed by atoms with van der Waals surface area (Å²) in [6.07, 6.45) is 0. The van der Waals surface area contributed by atoms with Crippen LogP contribution in [0, 0.1) is 6.92 Å². The predicted octanol–water partition coefficient (Wildman–Crippen LogP) is 8.53. The molecule has 36 heavy (non-hydrogen) atoms. The lowest BCUT2D eigenvalue weighted by atomic mass is 9.16. The van der Waals surface area contributed by atoms with Crippen molar-refractivity contribution in [3.05, 3.63) is 126 Å². The third kappa shape index (κ3) is 3.29. The maximum Gasteiger partial charge on any atom is 0.198 e. The van der Waals surface area contributed by atoms with Gasteiger partial charge in [-0.2, -0.15) is 0 Å². The fourth-order valence-electron chi connectivity index (χ4n) is 7.18. The SMILES string of the molecule is Cc1ccc2c3c(cccc13)C(C)(C)B(c1c(-c3ccccc3)cccc1-c1ccccc1)C2(C)C. The molecule has 0 fully saturated rings. The molecule has 0 radical (unpaired) electrons. The third-order valence-corrected chi connectivity index (χ3v) is 8.65. The quantitative estimate of drug-likeness (QED) is 0.235. The van der Waals surface area contributed by atoms with E-state index in [1.54, 1.807) is 0 Å². The van der Waals surface area contributed by atoms with E-state index in [2.05, 4.69) is 144 Å². The number of benzene rings is 5. The van der Waals surface area contributed by atoms with Crippen LogP contribution in [0.3, 0.4) is 0 Å². The highest BCUT2D eigenvalue weighted by Crippen LogP contribution is 2.50. The van der Waals surface area contributed by atoms with Gasteiger partial charge in [-0.3, -0.25) is 0 Å². The molecule has 1 aliphatic heterocycles. The van der Waals surface area contributed by atoms with Crippen molar-refractivity contribution in [2.24, 2.45) is 0 Å². The van der Waals surface area contributed by atoms with Crippen LogP contribution in [0.5, 0.6) is 0 Å². The van der Waals surface area contributed by atoms with E-state index in [1.165, 1.54) is 55.2 Å². The van der Waals surface area contributed by atoms with E-state index in [9.17, 15) is 0 Å². The Hall–Kier alpha value is -3.58. The average molecular weight is 464 g/mol. The topological polar surface area (TPSA) is 0 Å². The molecule has 0 saturated heterocycles. The van der Waals surface area contributed by atoms with E-state index in [0.717, 1.165) is 0 Å². The molecule has 1 heteroatoms. The van der Waals surface area contributed by atoms with Gasteiger partial charge in [-0.15, -0.1) is 0 Å². The standard InChI is InChI=1S/C35H33B/c1-24-22-23-31-32-27(24)18-13-21-30(32)34(2,3)36(35(31,4)5)33-28(25-14-8-6-9-15-25)19-12-20-29(33)26-16-10-7-11-17-26/h6-23H,1-5H3. The highest BCUT2D eigenvalue weighted by Gasteiger charge is 2.52. The molecule has 5 aromatic carbocycles. The van der Waals surface area contributed by atoms with Gasteiger partial charge in [0.25, 0.3) is 0 Å². The largest absolute Gasteiger partial charge is 0.198 e. The van der Waals surface area contributed by atoms with E-state index >= 15 is 0 Å². The monoisotopic (exact) mass is 464 g/mol.